The second-order valence-electron chi connectivity index (χ2n) is 9.87. The molecule has 0 aliphatic carbocycles. The number of aliphatic hydroxyl groups is 2. The van der Waals surface area contributed by atoms with E-state index in [1.54, 1.807) is 22.4 Å². The van der Waals surface area contributed by atoms with Gasteiger partial charge in [-0.2, -0.15) is 0 Å². The van der Waals surface area contributed by atoms with E-state index in [2.05, 4.69) is 39.1 Å². The Kier molecular flexibility index (Phi) is 6.40. The van der Waals surface area contributed by atoms with Crippen LogP contribution < -0.4 is 5.69 Å². The SMILES string of the molecule is Cn1c(C(O)O)cnc1CN1CC[C@H](n2c(=O)n(-c3ccc(Cc4ccccc4)cc3)c3cccnc32)C1. The summed E-state index contributed by atoms with van der Waals surface area (Å²) in [6.07, 6.45) is 3.31. The van der Waals surface area contributed by atoms with E-state index in [1.165, 1.54) is 17.3 Å². The van der Waals surface area contributed by atoms with Crippen LogP contribution in [0.15, 0.2) is 83.9 Å². The summed E-state index contributed by atoms with van der Waals surface area (Å²) in [4.78, 5) is 25.0. The van der Waals surface area contributed by atoms with Gasteiger partial charge in [0.15, 0.2) is 11.9 Å². The van der Waals surface area contributed by atoms with E-state index in [4.69, 9.17) is 0 Å². The fourth-order valence-corrected chi connectivity index (χ4v) is 5.44. The number of hydrogen-bond acceptors (Lipinski definition) is 6. The number of nitrogens with zero attached hydrogens (tertiary/aromatic N) is 6. The highest BCUT2D eigenvalue weighted by atomic mass is 16.5. The zero-order valence-electron chi connectivity index (χ0n) is 21.2. The van der Waals surface area contributed by atoms with E-state index < -0.39 is 6.29 Å². The van der Waals surface area contributed by atoms with Crippen LogP contribution in [0, 0.1) is 0 Å². The predicted molar refractivity (Wildman–Crippen MR) is 144 cm³/mol. The molecule has 3 aromatic heterocycles. The first-order valence-electron chi connectivity index (χ1n) is 12.8. The second-order valence-corrected chi connectivity index (χ2v) is 9.87. The van der Waals surface area contributed by atoms with Gasteiger partial charge in [-0.15, -0.1) is 0 Å². The summed E-state index contributed by atoms with van der Waals surface area (Å²) in [5, 5.41) is 19.0. The van der Waals surface area contributed by atoms with Crippen molar-refractivity contribution in [2.45, 2.75) is 31.7 Å². The van der Waals surface area contributed by atoms with Crippen LogP contribution in [0.2, 0.25) is 0 Å². The van der Waals surface area contributed by atoms with Gasteiger partial charge in [0.1, 0.15) is 5.82 Å². The van der Waals surface area contributed by atoms with Crippen LogP contribution >= 0.6 is 0 Å². The summed E-state index contributed by atoms with van der Waals surface area (Å²) in [5.74, 6) is 0.747. The fraction of sp³-hybridized carbons (Fsp3) is 0.276. The molecule has 0 spiro atoms. The lowest BCUT2D eigenvalue weighted by Crippen LogP contribution is -2.29. The molecule has 2 N–H and O–H groups in total. The molecular weight excluding hydrogens is 480 g/mol. The molecule has 0 bridgehead atoms. The highest BCUT2D eigenvalue weighted by molar-refractivity contribution is 5.74. The molecule has 9 nitrogen and oxygen atoms in total. The molecule has 0 unspecified atom stereocenters. The van der Waals surface area contributed by atoms with Gasteiger partial charge in [-0.1, -0.05) is 42.5 Å². The van der Waals surface area contributed by atoms with Crippen molar-refractivity contribution in [3.05, 3.63) is 112 Å². The zero-order valence-corrected chi connectivity index (χ0v) is 21.2. The highest BCUT2D eigenvalue weighted by Gasteiger charge is 2.29. The van der Waals surface area contributed by atoms with Gasteiger partial charge in [0.05, 0.1) is 35.7 Å². The first-order chi connectivity index (χ1) is 18.5. The maximum Gasteiger partial charge on any atom is 0.335 e. The van der Waals surface area contributed by atoms with Crippen molar-refractivity contribution in [3.63, 3.8) is 0 Å². The molecule has 1 saturated heterocycles. The van der Waals surface area contributed by atoms with Crippen LogP contribution in [-0.4, -0.2) is 51.9 Å². The Morgan fingerprint density at radius 3 is 2.47 bits per heavy atom. The van der Waals surface area contributed by atoms with Crippen molar-refractivity contribution in [3.8, 4) is 5.69 Å². The average molecular weight is 511 g/mol. The quantitative estimate of drug-likeness (QED) is 0.327. The summed E-state index contributed by atoms with van der Waals surface area (Å²) in [7, 11) is 1.78. The van der Waals surface area contributed by atoms with Crippen LogP contribution in [0.1, 0.15) is 41.4 Å². The number of aliphatic hydroxyl groups excluding tert-OH is 1. The minimum absolute atomic E-state index is 0.0262. The third kappa shape index (κ3) is 4.45. The summed E-state index contributed by atoms with van der Waals surface area (Å²) < 4.78 is 5.29. The van der Waals surface area contributed by atoms with Crippen molar-refractivity contribution in [1.29, 1.82) is 0 Å². The van der Waals surface area contributed by atoms with Gasteiger partial charge in [0.25, 0.3) is 0 Å². The van der Waals surface area contributed by atoms with E-state index in [0.29, 0.717) is 24.4 Å². The fourth-order valence-electron chi connectivity index (χ4n) is 5.44. The molecule has 1 fully saturated rings. The molecule has 194 valence electrons. The Bertz CT molecular complexity index is 1620. The molecule has 1 atom stereocenters. The molecular formula is C29H30N6O3. The van der Waals surface area contributed by atoms with E-state index >= 15 is 0 Å². The minimum atomic E-state index is -1.56. The molecule has 4 heterocycles. The molecule has 0 amide bonds. The number of imidazole rings is 2. The first-order valence-corrected chi connectivity index (χ1v) is 12.8. The van der Waals surface area contributed by atoms with Crippen LogP contribution in [-0.2, 0) is 20.0 Å². The number of aromatic nitrogens is 5. The lowest BCUT2D eigenvalue weighted by Gasteiger charge is -2.17. The van der Waals surface area contributed by atoms with Gasteiger partial charge >= 0.3 is 5.69 Å². The van der Waals surface area contributed by atoms with E-state index in [9.17, 15) is 15.0 Å². The number of pyridine rings is 1. The molecule has 1 aliphatic rings. The standard InChI is InChI=1S/C29H30N6O3/c1-32-25(28(36)37)17-31-26(32)19-33-15-13-23(18-33)35-27-24(8-5-14-30-27)34(29(35)38)22-11-9-21(10-12-22)16-20-6-3-2-4-7-20/h2-12,14,17,23,28,36-37H,13,15-16,18-19H2,1H3/t23-/m0/s1. The van der Waals surface area contributed by atoms with Crippen LogP contribution in [0.4, 0.5) is 0 Å². The average Bonchev–Trinajstić information content (AvgIpc) is 3.61. The Morgan fingerprint density at radius 1 is 0.974 bits per heavy atom. The summed E-state index contributed by atoms with van der Waals surface area (Å²) in [6, 6.07) is 22.3. The lowest BCUT2D eigenvalue weighted by atomic mass is 10.0. The normalized spacial score (nSPS) is 16.2. The molecule has 9 heteroatoms. The summed E-state index contributed by atoms with van der Waals surface area (Å²) in [5.41, 5.74) is 4.99. The Morgan fingerprint density at radius 2 is 1.74 bits per heavy atom. The Labute approximate surface area is 219 Å². The molecule has 0 radical (unpaired) electrons. The molecule has 5 aromatic rings. The van der Waals surface area contributed by atoms with E-state index in [-0.39, 0.29) is 11.7 Å². The van der Waals surface area contributed by atoms with Crippen LogP contribution in [0.25, 0.3) is 16.9 Å². The van der Waals surface area contributed by atoms with Gasteiger partial charge < -0.3 is 14.8 Å². The minimum Gasteiger partial charge on any atom is -0.363 e. The van der Waals surface area contributed by atoms with E-state index in [1.807, 2.05) is 47.0 Å². The Hall–Kier alpha value is -4.05. The van der Waals surface area contributed by atoms with Gasteiger partial charge in [0, 0.05) is 26.3 Å². The second kappa shape index (κ2) is 10.0. The molecule has 2 aromatic carbocycles. The molecule has 1 aliphatic heterocycles. The van der Waals surface area contributed by atoms with Crippen molar-refractivity contribution in [1.82, 2.24) is 28.6 Å². The third-order valence-corrected chi connectivity index (χ3v) is 7.44. The predicted octanol–water partition coefficient (Wildman–Crippen LogP) is 2.94. The van der Waals surface area contributed by atoms with Gasteiger partial charge in [-0.05, 0) is 48.2 Å². The number of hydrogen-bond donors (Lipinski definition) is 2. The maximum absolute atomic E-state index is 13.8. The van der Waals surface area contributed by atoms with Crippen LogP contribution in [0.3, 0.4) is 0 Å². The third-order valence-electron chi connectivity index (χ3n) is 7.44. The van der Waals surface area contributed by atoms with Crippen molar-refractivity contribution < 1.29 is 10.2 Å². The smallest absolute Gasteiger partial charge is 0.335 e. The van der Waals surface area contributed by atoms with Gasteiger partial charge in [-0.25, -0.2) is 14.8 Å². The van der Waals surface area contributed by atoms with Gasteiger partial charge in [0.2, 0.25) is 0 Å². The summed E-state index contributed by atoms with van der Waals surface area (Å²) in [6.45, 7) is 2.04. The highest BCUT2D eigenvalue weighted by Crippen LogP contribution is 2.27. The van der Waals surface area contributed by atoms with Crippen molar-refractivity contribution >= 4 is 11.2 Å². The number of rotatable bonds is 7. The largest absolute Gasteiger partial charge is 0.363 e. The lowest BCUT2D eigenvalue weighted by molar-refractivity contribution is -0.0479. The zero-order chi connectivity index (χ0) is 26.2. The van der Waals surface area contributed by atoms with E-state index in [0.717, 1.165) is 36.4 Å². The number of likely N-dealkylation sites (tertiary alicyclic amines) is 1. The molecule has 38 heavy (non-hydrogen) atoms. The molecule has 0 saturated carbocycles. The summed E-state index contributed by atoms with van der Waals surface area (Å²) >= 11 is 0. The Balaban J connectivity index is 1.27. The van der Waals surface area contributed by atoms with Crippen molar-refractivity contribution in [2.75, 3.05) is 13.1 Å². The topological polar surface area (TPSA) is 101 Å². The number of benzene rings is 2. The van der Waals surface area contributed by atoms with Gasteiger partial charge in [-0.3, -0.25) is 14.0 Å². The molecule has 6 rings (SSSR count). The monoisotopic (exact) mass is 510 g/mol. The van der Waals surface area contributed by atoms with Crippen molar-refractivity contribution in [2.24, 2.45) is 7.05 Å². The first kappa shape index (κ1) is 24.3. The number of fused-ring (bicyclic) bond motifs is 1. The van der Waals surface area contributed by atoms with Crippen LogP contribution in [0.5, 0.6) is 0 Å². The maximum atomic E-state index is 13.8.